The smallest absolute Gasteiger partial charge is 0.153 e. The molecule has 0 aliphatic carbocycles. The molecule has 20 heavy (non-hydrogen) atoms. The van der Waals surface area contributed by atoms with Crippen molar-refractivity contribution in [1.29, 1.82) is 0 Å². The van der Waals surface area contributed by atoms with Crippen molar-refractivity contribution in [2.45, 2.75) is 51.6 Å². The lowest BCUT2D eigenvalue weighted by molar-refractivity contribution is 0.359. The summed E-state index contributed by atoms with van der Waals surface area (Å²) < 4.78 is 24.1. The predicted molar refractivity (Wildman–Crippen MR) is 78.6 cm³/mol. The monoisotopic (exact) mass is 300 g/mol. The highest BCUT2D eigenvalue weighted by Gasteiger charge is 2.21. The highest BCUT2D eigenvalue weighted by Crippen LogP contribution is 2.16. The molecule has 1 atom stereocenters. The van der Waals surface area contributed by atoms with E-state index in [9.17, 15) is 8.42 Å². The normalized spacial score (nSPS) is 19.3. The van der Waals surface area contributed by atoms with Gasteiger partial charge in [0.25, 0.3) is 0 Å². The molecule has 0 radical (unpaired) electrons. The number of fused-ring (bicyclic) bond motifs is 1. The average molecular weight is 300 g/mol. The summed E-state index contributed by atoms with van der Waals surface area (Å²) in [5, 5.41) is 7.96. The minimum Gasteiger partial charge on any atom is -0.312 e. The highest BCUT2D eigenvalue weighted by molar-refractivity contribution is 7.90. The quantitative estimate of drug-likeness (QED) is 0.784. The Morgan fingerprint density at radius 1 is 1.45 bits per heavy atom. The van der Waals surface area contributed by atoms with Crippen LogP contribution in [0.1, 0.15) is 44.3 Å². The third-order valence-corrected chi connectivity index (χ3v) is 4.55. The molecule has 114 valence electrons. The van der Waals surface area contributed by atoms with Gasteiger partial charge in [0.05, 0.1) is 12.3 Å². The Morgan fingerprint density at radius 3 is 2.85 bits per heavy atom. The van der Waals surface area contributed by atoms with Gasteiger partial charge in [-0.05, 0) is 19.4 Å². The summed E-state index contributed by atoms with van der Waals surface area (Å²) in [6.07, 6.45) is 3.91. The third kappa shape index (κ3) is 4.28. The van der Waals surface area contributed by atoms with Crippen molar-refractivity contribution in [1.82, 2.24) is 20.1 Å². The number of aryl methyl sites for hydroxylation is 1. The van der Waals surface area contributed by atoms with Crippen LogP contribution in [0, 0.1) is 0 Å². The molecule has 0 saturated carbocycles. The van der Waals surface area contributed by atoms with Gasteiger partial charge in [-0.15, -0.1) is 0 Å². The number of sulfone groups is 1. The van der Waals surface area contributed by atoms with Crippen LogP contribution in [-0.2, 0) is 22.8 Å². The van der Waals surface area contributed by atoms with E-state index in [-0.39, 0.29) is 5.75 Å². The van der Waals surface area contributed by atoms with Gasteiger partial charge in [-0.3, -0.25) is 0 Å². The standard InChI is InChI=1S/C13H24N4O2S/c1-10(2)13-15-12-6-5-11(9-17(12)16-13)14-7-4-8-20(3,18)19/h10-11,14H,4-9H2,1-3H3/t11-/m1/s1. The van der Waals surface area contributed by atoms with Gasteiger partial charge < -0.3 is 5.32 Å². The summed E-state index contributed by atoms with van der Waals surface area (Å²) in [5.74, 6) is 2.59. The molecule has 0 amide bonds. The largest absolute Gasteiger partial charge is 0.312 e. The van der Waals surface area contributed by atoms with E-state index in [1.165, 1.54) is 6.26 Å². The molecule has 0 bridgehead atoms. The van der Waals surface area contributed by atoms with Crippen molar-refractivity contribution in [2.24, 2.45) is 0 Å². The van der Waals surface area contributed by atoms with Gasteiger partial charge in [-0.25, -0.2) is 18.1 Å². The number of hydrogen-bond donors (Lipinski definition) is 1. The lowest BCUT2D eigenvalue weighted by Gasteiger charge is -2.23. The zero-order valence-electron chi connectivity index (χ0n) is 12.5. The topological polar surface area (TPSA) is 76.9 Å². The first kappa shape index (κ1) is 15.4. The molecule has 1 aliphatic rings. The first-order valence-corrected chi connectivity index (χ1v) is 9.26. The van der Waals surface area contributed by atoms with Crippen molar-refractivity contribution < 1.29 is 8.42 Å². The first-order valence-electron chi connectivity index (χ1n) is 7.20. The maximum absolute atomic E-state index is 11.1. The average Bonchev–Trinajstić information content (AvgIpc) is 2.76. The Morgan fingerprint density at radius 2 is 2.20 bits per heavy atom. The highest BCUT2D eigenvalue weighted by atomic mass is 32.2. The Bertz CT molecular complexity index is 551. The first-order chi connectivity index (χ1) is 9.35. The van der Waals surface area contributed by atoms with Crippen LogP contribution in [0.25, 0.3) is 0 Å². The van der Waals surface area contributed by atoms with Crippen LogP contribution in [-0.4, -0.2) is 47.8 Å². The maximum Gasteiger partial charge on any atom is 0.153 e. The van der Waals surface area contributed by atoms with Crippen molar-refractivity contribution >= 4 is 9.84 Å². The molecule has 0 fully saturated rings. The zero-order chi connectivity index (χ0) is 14.8. The lowest BCUT2D eigenvalue weighted by Crippen LogP contribution is -2.38. The van der Waals surface area contributed by atoms with E-state index < -0.39 is 9.84 Å². The minimum atomic E-state index is -2.85. The molecule has 2 rings (SSSR count). The Hall–Kier alpha value is -0.950. The molecular weight excluding hydrogens is 276 g/mol. The summed E-state index contributed by atoms with van der Waals surface area (Å²) in [5.41, 5.74) is 0. The molecule has 7 heteroatoms. The van der Waals surface area contributed by atoms with Crippen LogP contribution in [0.5, 0.6) is 0 Å². The number of rotatable bonds is 6. The van der Waals surface area contributed by atoms with E-state index in [1.54, 1.807) is 0 Å². The van der Waals surface area contributed by atoms with E-state index in [0.717, 1.165) is 37.6 Å². The Labute approximate surface area is 120 Å². The fourth-order valence-electron chi connectivity index (χ4n) is 2.38. The zero-order valence-corrected chi connectivity index (χ0v) is 13.3. The Kier molecular flexibility index (Phi) is 4.80. The lowest BCUT2D eigenvalue weighted by atomic mass is 10.1. The summed E-state index contributed by atoms with van der Waals surface area (Å²) in [6, 6.07) is 0.365. The number of aromatic nitrogens is 3. The molecule has 2 heterocycles. The SMILES string of the molecule is CC(C)c1nc2n(n1)C[C@H](NCCCS(C)(=O)=O)CC2. The van der Waals surface area contributed by atoms with Crippen molar-refractivity contribution in [2.75, 3.05) is 18.6 Å². The fraction of sp³-hybridized carbons (Fsp3) is 0.846. The van der Waals surface area contributed by atoms with Gasteiger partial charge in [0, 0.05) is 24.6 Å². The van der Waals surface area contributed by atoms with E-state index in [2.05, 4.69) is 29.2 Å². The number of nitrogens with zero attached hydrogens (tertiary/aromatic N) is 3. The number of hydrogen-bond acceptors (Lipinski definition) is 5. The summed E-state index contributed by atoms with van der Waals surface area (Å²) in [4.78, 5) is 4.56. The molecule has 6 nitrogen and oxygen atoms in total. The van der Waals surface area contributed by atoms with Crippen LogP contribution in [0.3, 0.4) is 0 Å². The second kappa shape index (κ2) is 6.22. The summed E-state index contributed by atoms with van der Waals surface area (Å²) in [7, 11) is -2.85. The van der Waals surface area contributed by atoms with Crippen LogP contribution in [0.2, 0.25) is 0 Å². The van der Waals surface area contributed by atoms with Crippen LogP contribution in [0.15, 0.2) is 0 Å². The number of nitrogens with one attached hydrogen (secondary N) is 1. The van der Waals surface area contributed by atoms with Crippen LogP contribution < -0.4 is 5.32 Å². The minimum absolute atomic E-state index is 0.249. The molecule has 0 aromatic carbocycles. The van der Waals surface area contributed by atoms with E-state index in [1.807, 2.05) is 4.68 Å². The second-order valence-corrected chi connectivity index (χ2v) is 8.16. The van der Waals surface area contributed by atoms with Crippen molar-refractivity contribution in [3.63, 3.8) is 0 Å². The molecule has 0 unspecified atom stereocenters. The summed E-state index contributed by atoms with van der Waals surface area (Å²) >= 11 is 0. The van der Waals surface area contributed by atoms with E-state index in [0.29, 0.717) is 18.4 Å². The van der Waals surface area contributed by atoms with Crippen LogP contribution in [0.4, 0.5) is 0 Å². The van der Waals surface area contributed by atoms with Crippen molar-refractivity contribution in [3.8, 4) is 0 Å². The predicted octanol–water partition coefficient (Wildman–Crippen LogP) is 0.741. The molecular formula is C13H24N4O2S. The van der Waals surface area contributed by atoms with E-state index in [4.69, 9.17) is 0 Å². The molecule has 1 aromatic rings. The molecule has 1 aromatic heterocycles. The molecule has 0 spiro atoms. The van der Waals surface area contributed by atoms with Gasteiger partial charge in [0.2, 0.25) is 0 Å². The molecule has 0 saturated heterocycles. The van der Waals surface area contributed by atoms with Gasteiger partial charge in [-0.1, -0.05) is 13.8 Å². The molecule has 1 aliphatic heterocycles. The van der Waals surface area contributed by atoms with Gasteiger partial charge in [0.15, 0.2) is 5.82 Å². The van der Waals surface area contributed by atoms with E-state index >= 15 is 0 Å². The Balaban J connectivity index is 1.82. The second-order valence-electron chi connectivity index (χ2n) is 5.90. The van der Waals surface area contributed by atoms with Crippen molar-refractivity contribution in [3.05, 3.63) is 11.6 Å². The summed E-state index contributed by atoms with van der Waals surface area (Å²) in [6.45, 7) is 5.76. The maximum atomic E-state index is 11.1. The van der Waals surface area contributed by atoms with Gasteiger partial charge in [0.1, 0.15) is 15.7 Å². The van der Waals surface area contributed by atoms with Crippen LogP contribution >= 0.6 is 0 Å². The fourth-order valence-corrected chi connectivity index (χ4v) is 3.05. The van der Waals surface area contributed by atoms with Gasteiger partial charge in [-0.2, -0.15) is 5.10 Å². The third-order valence-electron chi connectivity index (χ3n) is 3.52. The van der Waals surface area contributed by atoms with Gasteiger partial charge >= 0.3 is 0 Å². The molecule has 1 N–H and O–H groups in total.